The first-order valence-corrected chi connectivity index (χ1v) is 8.03. The Morgan fingerprint density at radius 2 is 1.79 bits per heavy atom. The third kappa shape index (κ3) is 4.86. The third-order valence-electron chi connectivity index (χ3n) is 4.24. The van der Waals surface area contributed by atoms with E-state index in [2.05, 4.69) is 22.6 Å². The van der Waals surface area contributed by atoms with E-state index in [1.165, 1.54) is 14.2 Å². The van der Waals surface area contributed by atoms with E-state index in [9.17, 15) is 9.59 Å². The van der Waals surface area contributed by atoms with E-state index in [4.69, 9.17) is 9.47 Å². The molecule has 1 aromatic rings. The van der Waals surface area contributed by atoms with Crippen molar-refractivity contribution >= 4 is 17.5 Å². The molecule has 1 aliphatic rings. The summed E-state index contributed by atoms with van der Waals surface area (Å²) in [4.78, 5) is 26.2. The zero-order valence-corrected chi connectivity index (χ0v) is 14.4. The van der Waals surface area contributed by atoms with Crippen molar-refractivity contribution in [3.05, 3.63) is 18.2 Å². The van der Waals surface area contributed by atoms with Crippen LogP contribution in [-0.2, 0) is 9.59 Å². The molecule has 0 radical (unpaired) electrons. The molecule has 2 amide bonds. The molecule has 0 spiro atoms. The van der Waals surface area contributed by atoms with Gasteiger partial charge < -0.3 is 25.0 Å². The van der Waals surface area contributed by atoms with E-state index < -0.39 is 11.8 Å². The highest BCUT2D eigenvalue weighted by Crippen LogP contribution is 2.29. The fourth-order valence-electron chi connectivity index (χ4n) is 2.69. The standard InChI is InChI=1S/C17H25N3O4/c1-20-8-6-12(7-9-20)11-18-16(21)17(22)19-13-4-5-14(23-2)15(10-13)24-3/h4-5,10,12H,6-9,11H2,1-3H3,(H,18,21)(H,19,22). The van der Waals surface area contributed by atoms with Crippen LogP contribution in [0.15, 0.2) is 18.2 Å². The molecule has 0 unspecified atom stereocenters. The highest BCUT2D eigenvalue weighted by molar-refractivity contribution is 6.39. The van der Waals surface area contributed by atoms with E-state index in [0.29, 0.717) is 29.6 Å². The smallest absolute Gasteiger partial charge is 0.313 e. The SMILES string of the molecule is COc1ccc(NC(=O)C(=O)NCC2CCN(C)CC2)cc1OC. The van der Waals surface area contributed by atoms with Crippen molar-refractivity contribution in [2.75, 3.05) is 46.2 Å². The van der Waals surface area contributed by atoms with Crippen LogP contribution in [0.1, 0.15) is 12.8 Å². The number of anilines is 1. The number of carbonyl (C=O) groups excluding carboxylic acids is 2. The first kappa shape index (κ1) is 18.1. The van der Waals surface area contributed by atoms with Crippen LogP contribution in [0.2, 0.25) is 0 Å². The van der Waals surface area contributed by atoms with Gasteiger partial charge in [0.25, 0.3) is 0 Å². The van der Waals surface area contributed by atoms with Gasteiger partial charge in [0.05, 0.1) is 14.2 Å². The third-order valence-corrected chi connectivity index (χ3v) is 4.24. The maximum Gasteiger partial charge on any atom is 0.313 e. The minimum absolute atomic E-state index is 0.430. The number of methoxy groups -OCH3 is 2. The molecular formula is C17H25N3O4. The average molecular weight is 335 g/mol. The minimum atomic E-state index is -0.685. The summed E-state index contributed by atoms with van der Waals surface area (Å²) in [6, 6.07) is 4.94. The van der Waals surface area contributed by atoms with Crippen LogP contribution in [0.3, 0.4) is 0 Å². The van der Waals surface area contributed by atoms with Crippen molar-refractivity contribution < 1.29 is 19.1 Å². The van der Waals surface area contributed by atoms with Crippen molar-refractivity contribution in [2.24, 2.45) is 5.92 Å². The van der Waals surface area contributed by atoms with Crippen LogP contribution in [0, 0.1) is 5.92 Å². The molecule has 1 aromatic carbocycles. The second-order valence-electron chi connectivity index (χ2n) is 5.98. The number of hydrogen-bond donors (Lipinski definition) is 2. The Labute approximate surface area is 142 Å². The highest BCUT2D eigenvalue weighted by atomic mass is 16.5. The molecule has 0 atom stereocenters. The van der Waals surface area contributed by atoms with Crippen LogP contribution in [0.25, 0.3) is 0 Å². The Hall–Kier alpha value is -2.28. The van der Waals surface area contributed by atoms with E-state index in [-0.39, 0.29) is 0 Å². The normalized spacial score (nSPS) is 15.6. The molecule has 1 heterocycles. The van der Waals surface area contributed by atoms with Gasteiger partial charge in [0.2, 0.25) is 0 Å². The lowest BCUT2D eigenvalue weighted by Crippen LogP contribution is -2.41. The van der Waals surface area contributed by atoms with Gasteiger partial charge in [-0.25, -0.2) is 0 Å². The molecule has 1 fully saturated rings. The number of piperidine rings is 1. The zero-order chi connectivity index (χ0) is 17.5. The monoisotopic (exact) mass is 335 g/mol. The van der Waals surface area contributed by atoms with Gasteiger partial charge in [-0.1, -0.05) is 0 Å². The summed E-state index contributed by atoms with van der Waals surface area (Å²) in [5.74, 6) is 0.169. The Morgan fingerprint density at radius 3 is 2.42 bits per heavy atom. The van der Waals surface area contributed by atoms with E-state index >= 15 is 0 Å². The van der Waals surface area contributed by atoms with E-state index in [1.807, 2.05) is 0 Å². The van der Waals surface area contributed by atoms with E-state index in [1.54, 1.807) is 18.2 Å². The Bertz CT molecular complexity index is 583. The molecule has 2 N–H and O–H groups in total. The molecule has 0 aromatic heterocycles. The topological polar surface area (TPSA) is 79.9 Å². The van der Waals surface area contributed by atoms with Gasteiger partial charge in [-0.15, -0.1) is 0 Å². The first-order valence-electron chi connectivity index (χ1n) is 8.03. The molecule has 1 saturated heterocycles. The lowest BCUT2D eigenvalue weighted by atomic mass is 9.97. The second kappa shape index (κ2) is 8.54. The molecule has 0 bridgehead atoms. The summed E-state index contributed by atoms with van der Waals surface area (Å²) >= 11 is 0. The van der Waals surface area contributed by atoms with Crippen molar-refractivity contribution in [2.45, 2.75) is 12.8 Å². The maximum absolute atomic E-state index is 12.0. The lowest BCUT2D eigenvalue weighted by molar-refractivity contribution is -0.136. The van der Waals surface area contributed by atoms with Gasteiger partial charge >= 0.3 is 11.8 Å². The van der Waals surface area contributed by atoms with Gasteiger partial charge in [0, 0.05) is 18.3 Å². The number of ether oxygens (including phenoxy) is 2. The van der Waals surface area contributed by atoms with Gasteiger partial charge in [-0.3, -0.25) is 9.59 Å². The number of nitrogens with zero attached hydrogens (tertiary/aromatic N) is 1. The second-order valence-corrected chi connectivity index (χ2v) is 5.98. The molecule has 7 heteroatoms. The first-order chi connectivity index (χ1) is 11.5. The summed E-state index contributed by atoms with van der Waals surface area (Å²) in [5, 5.41) is 5.28. The summed E-state index contributed by atoms with van der Waals surface area (Å²) in [7, 11) is 5.13. The Kier molecular flexibility index (Phi) is 6.43. The fraction of sp³-hybridized carbons (Fsp3) is 0.529. The number of amides is 2. The van der Waals surface area contributed by atoms with Crippen molar-refractivity contribution in [3.8, 4) is 11.5 Å². The van der Waals surface area contributed by atoms with Crippen LogP contribution in [-0.4, -0.2) is 57.6 Å². The van der Waals surface area contributed by atoms with Crippen LogP contribution in [0.4, 0.5) is 5.69 Å². The quantitative estimate of drug-likeness (QED) is 0.788. The number of rotatable bonds is 5. The zero-order valence-electron chi connectivity index (χ0n) is 14.4. The number of nitrogens with one attached hydrogen (secondary N) is 2. The minimum Gasteiger partial charge on any atom is -0.493 e. The van der Waals surface area contributed by atoms with Gasteiger partial charge in [0.1, 0.15) is 0 Å². The predicted octanol–water partition coefficient (Wildman–Crippen LogP) is 1.10. The van der Waals surface area contributed by atoms with Crippen molar-refractivity contribution in [1.29, 1.82) is 0 Å². The molecule has 1 aliphatic heterocycles. The van der Waals surface area contributed by atoms with Gasteiger partial charge in [-0.05, 0) is 51.0 Å². The summed E-state index contributed by atoms with van der Waals surface area (Å²) in [6.07, 6.45) is 2.07. The largest absolute Gasteiger partial charge is 0.493 e. The number of likely N-dealkylation sites (tertiary alicyclic amines) is 1. The fourth-order valence-corrected chi connectivity index (χ4v) is 2.69. The molecular weight excluding hydrogens is 310 g/mol. The molecule has 2 rings (SSSR count). The average Bonchev–Trinajstić information content (AvgIpc) is 2.60. The van der Waals surface area contributed by atoms with Gasteiger partial charge in [-0.2, -0.15) is 0 Å². The summed E-state index contributed by atoms with van der Waals surface area (Å²) < 4.78 is 10.3. The molecule has 7 nitrogen and oxygen atoms in total. The van der Waals surface area contributed by atoms with Gasteiger partial charge in [0.15, 0.2) is 11.5 Å². The molecule has 24 heavy (non-hydrogen) atoms. The van der Waals surface area contributed by atoms with Crippen LogP contribution < -0.4 is 20.1 Å². The highest BCUT2D eigenvalue weighted by Gasteiger charge is 2.20. The maximum atomic E-state index is 12.0. The van der Waals surface area contributed by atoms with Crippen LogP contribution in [0.5, 0.6) is 11.5 Å². The Morgan fingerprint density at radius 1 is 1.12 bits per heavy atom. The molecule has 132 valence electrons. The summed E-state index contributed by atoms with van der Waals surface area (Å²) in [6.45, 7) is 2.59. The number of benzene rings is 1. The van der Waals surface area contributed by atoms with Crippen molar-refractivity contribution in [1.82, 2.24) is 10.2 Å². The molecule has 0 saturated carbocycles. The Balaban J connectivity index is 1.84. The van der Waals surface area contributed by atoms with E-state index in [0.717, 1.165) is 25.9 Å². The lowest BCUT2D eigenvalue weighted by Gasteiger charge is -2.28. The number of hydrogen-bond acceptors (Lipinski definition) is 5. The molecule has 0 aliphatic carbocycles. The number of carbonyl (C=O) groups is 2. The van der Waals surface area contributed by atoms with Crippen molar-refractivity contribution in [3.63, 3.8) is 0 Å². The van der Waals surface area contributed by atoms with Crippen LogP contribution >= 0.6 is 0 Å². The summed E-state index contributed by atoms with van der Waals surface area (Å²) in [5.41, 5.74) is 0.479. The predicted molar refractivity (Wildman–Crippen MR) is 91.4 cm³/mol.